The number of aliphatic hydroxyl groups is 1. The lowest BCUT2D eigenvalue weighted by Gasteiger charge is -2.34. The summed E-state index contributed by atoms with van der Waals surface area (Å²) < 4.78 is 5.66. The van der Waals surface area contributed by atoms with E-state index in [2.05, 4.69) is 13.8 Å². The Balaban J connectivity index is 1.83. The van der Waals surface area contributed by atoms with E-state index in [1.54, 1.807) is 4.90 Å². The van der Waals surface area contributed by atoms with Crippen LogP contribution in [0.25, 0.3) is 0 Å². The molecule has 1 N–H and O–H groups in total. The van der Waals surface area contributed by atoms with Crippen molar-refractivity contribution in [2.45, 2.75) is 38.7 Å². The van der Waals surface area contributed by atoms with Gasteiger partial charge in [0.2, 0.25) is 0 Å². The molecule has 2 heterocycles. The number of piperidine rings is 1. The third kappa shape index (κ3) is 2.53. The van der Waals surface area contributed by atoms with E-state index in [0.29, 0.717) is 25.3 Å². The summed E-state index contributed by atoms with van der Waals surface area (Å²) in [7, 11) is 0. The molecule has 1 amide bonds. The Morgan fingerprint density at radius 1 is 1.43 bits per heavy atom. The molecular weight excluding hydrogens is 266 g/mol. The van der Waals surface area contributed by atoms with Gasteiger partial charge in [0.15, 0.2) is 0 Å². The summed E-state index contributed by atoms with van der Waals surface area (Å²) in [5.74, 6) is 1.15. The average Bonchev–Trinajstić information content (AvgIpc) is 2.76. The Kier molecular flexibility index (Phi) is 3.44. The number of aliphatic hydroxyl groups excluding tert-OH is 1. The molecule has 0 aromatic heterocycles. The standard InChI is InChI=1S/C17H23NO3/c1-11-6-7-18(9-14(11)19)16(20)12-4-5-15-13(8-12)17(2,3)10-21-15/h4-5,8,11,14,19H,6-7,9-10H2,1-3H3. The van der Waals surface area contributed by atoms with Crippen LogP contribution in [0, 0.1) is 5.92 Å². The highest BCUT2D eigenvalue weighted by molar-refractivity contribution is 5.94. The van der Waals surface area contributed by atoms with Crippen LogP contribution in [0.4, 0.5) is 0 Å². The van der Waals surface area contributed by atoms with Gasteiger partial charge in [0, 0.05) is 29.6 Å². The molecular formula is C17H23NO3. The van der Waals surface area contributed by atoms with Crippen molar-refractivity contribution < 1.29 is 14.6 Å². The van der Waals surface area contributed by atoms with Crippen LogP contribution in [-0.4, -0.2) is 41.7 Å². The van der Waals surface area contributed by atoms with Crippen LogP contribution in [0.3, 0.4) is 0 Å². The Bertz CT molecular complexity index is 567. The number of amides is 1. The summed E-state index contributed by atoms with van der Waals surface area (Å²) in [6, 6.07) is 5.67. The van der Waals surface area contributed by atoms with Crippen molar-refractivity contribution in [3.05, 3.63) is 29.3 Å². The molecule has 1 aromatic rings. The number of hydrogen-bond acceptors (Lipinski definition) is 3. The Morgan fingerprint density at radius 2 is 2.19 bits per heavy atom. The molecule has 0 bridgehead atoms. The van der Waals surface area contributed by atoms with Crippen LogP contribution in [0.15, 0.2) is 18.2 Å². The highest BCUT2D eigenvalue weighted by atomic mass is 16.5. The van der Waals surface area contributed by atoms with Gasteiger partial charge >= 0.3 is 0 Å². The molecule has 0 radical (unpaired) electrons. The zero-order chi connectivity index (χ0) is 15.2. The fraction of sp³-hybridized carbons (Fsp3) is 0.588. The van der Waals surface area contributed by atoms with E-state index in [4.69, 9.17) is 4.74 Å². The first-order chi connectivity index (χ1) is 9.88. The molecule has 2 atom stereocenters. The van der Waals surface area contributed by atoms with Gasteiger partial charge in [0.05, 0.1) is 12.7 Å². The summed E-state index contributed by atoms with van der Waals surface area (Å²) in [6.45, 7) is 8.07. The van der Waals surface area contributed by atoms with Gasteiger partial charge in [-0.1, -0.05) is 20.8 Å². The van der Waals surface area contributed by atoms with Crippen molar-refractivity contribution in [2.75, 3.05) is 19.7 Å². The van der Waals surface area contributed by atoms with Gasteiger partial charge in [-0.2, -0.15) is 0 Å². The van der Waals surface area contributed by atoms with E-state index in [1.807, 2.05) is 25.1 Å². The second-order valence-electron chi connectivity index (χ2n) is 6.97. The van der Waals surface area contributed by atoms with Crippen molar-refractivity contribution in [3.8, 4) is 5.75 Å². The van der Waals surface area contributed by atoms with Crippen molar-refractivity contribution in [1.82, 2.24) is 4.90 Å². The third-order valence-electron chi connectivity index (χ3n) is 4.75. The number of ether oxygens (including phenoxy) is 1. The van der Waals surface area contributed by atoms with E-state index in [-0.39, 0.29) is 17.2 Å². The number of rotatable bonds is 1. The van der Waals surface area contributed by atoms with Crippen LogP contribution >= 0.6 is 0 Å². The Labute approximate surface area is 125 Å². The number of carbonyl (C=O) groups is 1. The molecule has 0 spiro atoms. The predicted molar refractivity (Wildman–Crippen MR) is 80.7 cm³/mol. The summed E-state index contributed by atoms with van der Waals surface area (Å²) >= 11 is 0. The lowest BCUT2D eigenvalue weighted by Crippen LogP contribution is -2.45. The van der Waals surface area contributed by atoms with E-state index in [1.165, 1.54) is 0 Å². The summed E-state index contributed by atoms with van der Waals surface area (Å²) in [6.07, 6.45) is 0.434. The summed E-state index contributed by atoms with van der Waals surface area (Å²) in [5.41, 5.74) is 1.73. The van der Waals surface area contributed by atoms with Gasteiger partial charge < -0.3 is 14.7 Å². The molecule has 21 heavy (non-hydrogen) atoms. The first kappa shape index (κ1) is 14.4. The van der Waals surface area contributed by atoms with Crippen LogP contribution in [0.5, 0.6) is 5.75 Å². The van der Waals surface area contributed by atoms with E-state index in [9.17, 15) is 9.90 Å². The number of β-amino-alcohol motifs (C(OH)–C–C–N with tert-alkyl or cyclic N) is 1. The van der Waals surface area contributed by atoms with Crippen LogP contribution < -0.4 is 4.74 Å². The predicted octanol–water partition coefficient (Wildman–Crippen LogP) is 2.20. The minimum Gasteiger partial charge on any atom is -0.492 e. The lowest BCUT2D eigenvalue weighted by atomic mass is 9.86. The molecule has 1 saturated heterocycles. The second kappa shape index (κ2) is 5.02. The maximum absolute atomic E-state index is 12.6. The first-order valence-electron chi connectivity index (χ1n) is 7.63. The maximum atomic E-state index is 12.6. The van der Waals surface area contributed by atoms with Gasteiger partial charge in [-0.05, 0) is 30.5 Å². The quantitative estimate of drug-likeness (QED) is 0.862. The second-order valence-corrected chi connectivity index (χ2v) is 6.97. The fourth-order valence-electron chi connectivity index (χ4n) is 3.07. The molecule has 2 aliphatic heterocycles. The molecule has 0 saturated carbocycles. The van der Waals surface area contributed by atoms with E-state index >= 15 is 0 Å². The normalized spacial score (nSPS) is 27.1. The summed E-state index contributed by atoms with van der Waals surface area (Å²) in [5, 5.41) is 9.97. The molecule has 3 rings (SSSR count). The average molecular weight is 289 g/mol. The molecule has 4 nitrogen and oxygen atoms in total. The van der Waals surface area contributed by atoms with Crippen molar-refractivity contribution in [1.29, 1.82) is 0 Å². The molecule has 2 unspecified atom stereocenters. The molecule has 4 heteroatoms. The third-order valence-corrected chi connectivity index (χ3v) is 4.75. The smallest absolute Gasteiger partial charge is 0.253 e. The largest absolute Gasteiger partial charge is 0.492 e. The molecule has 1 aromatic carbocycles. The van der Waals surface area contributed by atoms with Crippen molar-refractivity contribution in [3.63, 3.8) is 0 Å². The van der Waals surface area contributed by atoms with Crippen molar-refractivity contribution >= 4 is 5.91 Å². The first-order valence-corrected chi connectivity index (χ1v) is 7.63. The summed E-state index contributed by atoms with van der Waals surface area (Å²) in [4.78, 5) is 14.4. The molecule has 1 fully saturated rings. The van der Waals surface area contributed by atoms with Crippen molar-refractivity contribution in [2.24, 2.45) is 5.92 Å². The van der Waals surface area contributed by atoms with Gasteiger partial charge in [-0.15, -0.1) is 0 Å². The number of likely N-dealkylation sites (tertiary alicyclic amines) is 1. The van der Waals surface area contributed by atoms with Crippen LogP contribution in [-0.2, 0) is 5.41 Å². The monoisotopic (exact) mass is 289 g/mol. The Morgan fingerprint density at radius 3 is 2.90 bits per heavy atom. The number of carbonyl (C=O) groups excluding carboxylic acids is 1. The number of hydrogen-bond donors (Lipinski definition) is 1. The van der Waals surface area contributed by atoms with E-state index in [0.717, 1.165) is 17.7 Å². The topological polar surface area (TPSA) is 49.8 Å². The SMILES string of the molecule is CC1CCN(C(=O)c2ccc3c(c2)C(C)(C)CO3)CC1O. The lowest BCUT2D eigenvalue weighted by molar-refractivity contribution is 0.0248. The van der Waals surface area contributed by atoms with Crippen LogP contribution in [0.1, 0.15) is 43.1 Å². The highest BCUT2D eigenvalue weighted by Crippen LogP contribution is 2.38. The number of benzene rings is 1. The minimum atomic E-state index is -0.420. The fourth-order valence-corrected chi connectivity index (χ4v) is 3.07. The molecule has 114 valence electrons. The minimum absolute atomic E-state index is 0.00597. The van der Waals surface area contributed by atoms with Gasteiger partial charge in [-0.3, -0.25) is 4.79 Å². The highest BCUT2D eigenvalue weighted by Gasteiger charge is 2.33. The molecule has 2 aliphatic rings. The zero-order valence-electron chi connectivity index (χ0n) is 12.9. The van der Waals surface area contributed by atoms with Gasteiger partial charge in [0.1, 0.15) is 5.75 Å². The van der Waals surface area contributed by atoms with E-state index < -0.39 is 6.10 Å². The maximum Gasteiger partial charge on any atom is 0.253 e. The number of nitrogens with zero attached hydrogens (tertiary/aromatic N) is 1. The Hall–Kier alpha value is -1.55. The molecule has 0 aliphatic carbocycles. The zero-order valence-corrected chi connectivity index (χ0v) is 12.9. The van der Waals surface area contributed by atoms with Gasteiger partial charge in [-0.25, -0.2) is 0 Å². The number of fused-ring (bicyclic) bond motifs is 1. The van der Waals surface area contributed by atoms with Crippen LogP contribution in [0.2, 0.25) is 0 Å². The van der Waals surface area contributed by atoms with Gasteiger partial charge in [0.25, 0.3) is 5.91 Å².